The molecular formula is C10H20N2O2. The van der Waals surface area contributed by atoms with E-state index in [1.54, 1.807) is 0 Å². The van der Waals surface area contributed by atoms with Gasteiger partial charge in [0, 0.05) is 19.2 Å². The molecule has 1 fully saturated rings. The summed E-state index contributed by atoms with van der Waals surface area (Å²) < 4.78 is 5.16. The van der Waals surface area contributed by atoms with Crippen LogP contribution in [0.2, 0.25) is 0 Å². The van der Waals surface area contributed by atoms with E-state index < -0.39 is 0 Å². The Morgan fingerprint density at radius 2 is 2.36 bits per heavy atom. The zero-order valence-corrected chi connectivity index (χ0v) is 9.01. The van der Waals surface area contributed by atoms with Crippen molar-refractivity contribution >= 4 is 5.91 Å². The first-order valence-electron chi connectivity index (χ1n) is 5.32. The first kappa shape index (κ1) is 11.5. The number of ether oxygens (including phenoxy) is 1. The van der Waals surface area contributed by atoms with Crippen LogP contribution in [0.15, 0.2) is 0 Å². The van der Waals surface area contributed by atoms with Gasteiger partial charge in [-0.05, 0) is 18.9 Å². The van der Waals surface area contributed by atoms with Crippen LogP contribution in [0.5, 0.6) is 0 Å². The monoisotopic (exact) mass is 200 g/mol. The Balaban J connectivity index is 2.13. The number of nitrogens with one attached hydrogen (secondary N) is 2. The molecule has 4 nitrogen and oxygen atoms in total. The minimum absolute atomic E-state index is 0.000926. The zero-order chi connectivity index (χ0) is 10.4. The van der Waals surface area contributed by atoms with Crippen molar-refractivity contribution in [2.45, 2.75) is 26.3 Å². The van der Waals surface area contributed by atoms with Crippen molar-refractivity contribution in [2.75, 3.05) is 26.3 Å². The van der Waals surface area contributed by atoms with Crippen LogP contribution in [0, 0.1) is 5.92 Å². The Morgan fingerprint density at radius 3 is 2.93 bits per heavy atom. The van der Waals surface area contributed by atoms with Gasteiger partial charge in [-0.15, -0.1) is 0 Å². The van der Waals surface area contributed by atoms with Crippen LogP contribution in [-0.4, -0.2) is 38.3 Å². The van der Waals surface area contributed by atoms with Crippen molar-refractivity contribution in [3.63, 3.8) is 0 Å². The summed E-state index contributed by atoms with van der Waals surface area (Å²) in [5.41, 5.74) is 0. The molecule has 0 aromatic heterocycles. The molecule has 1 amide bonds. The lowest BCUT2D eigenvalue weighted by Crippen LogP contribution is -2.41. The molecule has 1 aliphatic rings. The maximum absolute atomic E-state index is 11.4. The topological polar surface area (TPSA) is 50.4 Å². The first-order valence-corrected chi connectivity index (χ1v) is 5.32. The zero-order valence-electron chi connectivity index (χ0n) is 9.01. The second-order valence-corrected chi connectivity index (χ2v) is 3.86. The van der Waals surface area contributed by atoms with E-state index in [0.717, 1.165) is 19.5 Å². The number of amides is 1. The average Bonchev–Trinajstić information content (AvgIpc) is 2.52. The molecule has 14 heavy (non-hydrogen) atoms. The third-order valence-electron chi connectivity index (χ3n) is 2.45. The summed E-state index contributed by atoms with van der Waals surface area (Å²) >= 11 is 0. The van der Waals surface area contributed by atoms with Gasteiger partial charge < -0.3 is 15.4 Å². The molecule has 0 saturated carbocycles. The summed E-state index contributed by atoms with van der Waals surface area (Å²) in [5, 5.41) is 6.20. The molecule has 2 atom stereocenters. The van der Waals surface area contributed by atoms with E-state index in [1.807, 2.05) is 6.92 Å². The number of hydrogen-bond donors (Lipinski definition) is 2. The van der Waals surface area contributed by atoms with Gasteiger partial charge in [-0.25, -0.2) is 0 Å². The van der Waals surface area contributed by atoms with Gasteiger partial charge in [0.15, 0.2) is 0 Å². The van der Waals surface area contributed by atoms with Gasteiger partial charge in [-0.1, -0.05) is 13.8 Å². The van der Waals surface area contributed by atoms with Crippen LogP contribution >= 0.6 is 0 Å². The SMILES string of the molecule is CCCOCC(=O)NC1CNCC1C. The maximum Gasteiger partial charge on any atom is 0.246 e. The van der Waals surface area contributed by atoms with Gasteiger partial charge in [0.1, 0.15) is 6.61 Å². The Bertz CT molecular complexity index is 185. The van der Waals surface area contributed by atoms with Crippen molar-refractivity contribution in [3.8, 4) is 0 Å². The highest BCUT2D eigenvalue weighted by Crippen LogP contribution is 2.06. The van der Waals surface area contributed by atoms with Crippen LogP contribution in [0.25, 0.3) is 0 Å². The van der Waals surface area contributed by atoms with Crippen LogP contribution in [0.3, 0.4) is 0 Å². The number of carbonyl (C=O) groups is 1. The quantitative estimate of drug-likeness (QED) is 0.621. The lowest BCUT2D eigenvalue weighted by Gasteiger charge is -2.15. The Morgan fingerprint density at radius 1 is 1.57 bits per heavy atom. The van der Waals surface area contributed by atoms with Gasteiger partial charge in [0.05, 0.1) is 0 Å². The van der Waals surface area contributed by atoms with E-state index in [2.05, 4.69) is 17.6 Å². The van der Waals surface area contributed by atoms with E-state index in [4.69, 9.17) is 4.74 Å². The van der Waals surface area contributed by atoms with Crippen LogP contribution in [-0.2, 0) is 9.53 Å². The minimum atomic E-state index is -0.000926. The summed E-state index contributed by atoms with van der Waals surface area (Å²) in [4.78, 5) is 11.4. The van der Waals surface area contributed by atoms with Gasteiger partial charge in [-0.3, -0.25) is 4.79 Å². The second kappa shape index (κ2) is 5.98. The molecule has 0 spiro atoms. The summed E-state index contributed by atoms with van der Waals surface area (Å²) in [7, 11) is 0. The maximum atomic E-state index is 11.4. The summed E-state index contributed by atoms with van der Waals surface area (Å²) in [6.45, 7) is 6.88. The van der Waals surface area contributed by atoms with Crippen LogP contribution in [0.4, 0.5) is 0 Å². The van der Waals surface area contributed by atoms with Crippen LogP contribution < -0.4 is 10.6 Å². The van der Waals surface area contributed by atoms with Gasteiger partial charge in [0.2, 0.25) is 5.91 Å². The molecule has 1 saturated heterocycles. The van der Waals surface area contributed by atoms with Gasteiger partial charge >= 0.3 is 0 Å². The largest absolute Gasteiger partial charge is 0.372 e. The normalized spacial score (nSPS) is 26.4. The lowest BCUT2D eigenvalue weighted by atomic mass is 10.1. The molecule has 2 unspecified atom stereocenters. The predicted molar refractivity (Wildman–Crippen MR) is 55.1 cm³/mol. The third kappa shape index (κ3) is 3.64. The molecule has 0 aromatic carbocycles. The van der Waals surface area contributed by atoms with E-state index in [0.29, 0.717) is 12.5 Å². The number of hydrogen-bond acceptors (Lipinski definition) is 3. The van der Waals surface area contributed by atoms with Gasteiger partial charge in [0.25, 0.3) is 0 Å². The standard InChI is InChI=1S/C10H20N2O2/c1-3-4-14-7-10(13)12-9-6-11-5-8(9)2/h8-9,11H,3-7H2,1-2H3,(H,12,13). The molecule has 0 aliphatic carbocycles. The van der Waals surface area contributed by atoms with Gasteiger partial charge in [-0.2, -0.15) is 0 Å². The molecule has 1 aliphatic heterocycles. The highest BCUT2D eigenvalue weighted by atomic mass is 16.5. The fourth-order valence-corrected chi connectivity index (χ4v) is 1.56. The van der Waals surface area contributed by atoms with Crippen molar-refractivity contribution in [1.29, 1.82) is 0 Å². The molecule has 2 N–H and O–H groups in total. The summed E-state index contributed by atoms with van der Waals surface area (Å²) in [6, 6.07) is 0.271. The van der Waals surface area contributed by atoms with E-state index >= 15 is 0 Å². The van der Waals surface area contributed by atoms with E-state index in [-0.39, 0.29) is 18.6 Å². The molecular weight excluding hydrogens is 180 g/mol. The first-order chi connectivity index (χ1) is 6.74. The highest BCUT2D eigenvalue weighted by Gasteiger charge is 2.24. The molecule has 1 rings (SSSR count). The fourth-order valence-electron chi connectivity index (χ4n) is 1.56. The van der Waals surface area contributed by atoms with Crippen molar-refractivity contribution < 1.29 is 9.53 Å². The van der Waals surface area contributed by atoms with Crippen molar-refractivity contribution in [1.82, 2.24) is 10.6 Å². The Kier molecular flexibility index (Phi) is 4.90. The summed E-state index contributed by atoms with van der Waals surface area (Å²) in [5.74, 6) is 0.518. The van der Waals surface area contributed by atoms with Crippen molar-refractivity contribution in [2.24, 2.45) is 5.92 Å². The predicted octanol–water partition coefficient (Wildman–Crippen LogP) is 0.137. The highest BCUT2D eigenvalue weighted by molar-refractivity contribution is 5.77. The van der Waals surface area contributed by atoms with E-state index in [9.17, 15) is 4.79 Å². The average molecular weight is 200 g/mol. The van der Waals surface area contributed by atoms with Crippen LogP contribution in [0.1, 0.15) is 20.3 Å². The second-order valence-electron chi connectivity index (χ2n) is 3.86. The smallest absolute Gasteiger partial charge is 0.246 e. The molecule has 82 valence electrons. The molecule has 4 heteroatoms. The minimum Gasteiger partial charge on any atom is -0.372 e. The fraction of sp³-hybridized carbons (Fsp3) is 0.900. The molecule has 0 radical (unpaired) electrons. The number of carbonyl (C=O) groups excluding carboxylic acids is 1. The summed E-state index contributed by atoms with van der Waals surface area (Å²) in [6.07, 6.45) is 0.953. The van der Waals surface area contributed by atoms with E-state index in [1.165, 1.54) is 0 Å². The lowest BCUT2D eigenvalue weighted by molar-refractivity contribution is -0.126. The third-order valence-corrected chi connectivity index (χ3v) is 2.45. The molecule has 1 heterocycles. The van der Waals surface area contributed by atoms with Crippen molar-refractivity contribution in [3.05, 3.63) is 0 Å². The molecule has 0 bridgehead atoms. The Hall–Kier alpha value is -0.610. The number of rotatable bonds is 5. The molecule has 0 aromatic rings. The Labute approximate surface area is 85.4 Å².